The molecule has 9 N–H and O–H groups in total. The van der Waals surface area contributed by atoms with Crippen molar-refractivity contribution in [3.63, 3.8) is 0 Å². The molecule has 22 nitrogen and oxygen atoms in total. The first-order chi connectivity index (χ1) is 20.5. The van der Waals surface area contributed by atoms with E-state index in [2.05, 4.69) is 35.2 Å². The topological polar surface area (TPSA) is 316 Å². The van der Waals surface area contributed by atoms with Gasteiger partial charge in [-0.05, 0) is 6.92 Å². The third-order valence-corrected chi connectivity index (χ3v) is 7.71. The molecule has 2 saturated heterocycles. The first kappa shape index (κ1) is 29.4. The van der Waals surface area contributed by atoms with Crippen molar-refractivity contribution >= 4 is 41.7 Å². The Morgan fingerprint density at radius 3 is 2.58 bits per heavy atom. The van der Waals surface area contributed by atoms with Crippen LogP contribution in [0.25, 0.3) is 22.3 Å². The highest BCUT2D eigenvalue weighted by Gasteiger charge is 2.51. The monoisotopic (exact) mass is 627 g/mol. The zero-order chi connectivity index (χ0) is 30.6. The van der Waals surface area contributed by atoms with Gasteiger partial charge in [-0.1, -0.05) is 5.21 Å². The summed E-state index contributed by atoms with van der Waals surface area (Å²) >= 11 is 0. The van der Waals surface area contributed by atoms with Gasteiger partial charge in [0.2, 0.25) is 5.95 Å². The quantitative estimate of drug-likeness (QED) is 0.0903. The number of fused-ring (bicyclic) bond motifs is 2. The molecule has 0 bridgehead atoms. The maximum absolute atomic E-state index is 13.0. The predicted molar refractivity (Wildman–Crippen MR) is 138 cm³/mol. The Morgan fingerprint density at radius 1 is 1.05 bits per heavy atom. The molecule has 43 heavy (non-hydrogen) atoms. The normalized spacial score (nSPS) is 30.8. The summed E-state index contributed by atoms with van der Waals surface area (Å²) in [6.07, 6.45) is -10.5. The molecule has 23 heteroatoms. The number of hydrogen-bond donors (Lipinski definition) is 7. The van der Waals surface area contributed by atoms with Crippen molar-refractivity contribution in [2.24, 2.45) is 0 Å². The summed E-state index contributed by atoms with van der Waals surface area (Å²) in [5.74, 6) is -0.165. The molecule has 9 atom stereocenters. The number of nitrogens with zero attached hydrogens (tertiary/aromatic N) is 8. The molecule has 6 rings (SSSR count). The van der Waals surface area contributed by atoms with Crippen LogP contribution in [0.2, 0.25) is 0 Å². The van der Waals surface area contributed by atoms with Crippen LogP contribution in [0.3, 0.4) is 0 Å². The number of rotatable bonds is 9. The van der Waals surface area contributed by atoms with Crippen LogP contribution in [0.15, 0.2) is 17.4 Å². The van der Waals surface area contributed by atoms with Crippen LogP contribution in [0.4, 0.5) is 11.8 Å². The number of aliphatic hydroxyl groups excluding tert-OH is 3. The van der Waals surface area contributed by atoms with E-state index in [4.69, 9.17) is 34.9 Å². The van der Waals surface area contributed by atoms with Crippen LogP contribution in [0.5, 0.6) is 0 Å². The molecule has 0 spiro atoms. The third-order valence-electron chi connectivity index (χ3n) is 6.66. The average Bonchev–Trinajstić information content (AvgIpc) is 3.70. The van der Waals surface area contributed by atoms with Crippen molar-refractivity contribution in [3.05, 3.63) is 23.0 Å². The number of nitrogens with one attached hydrogen (secondary N) is 1. The standard InChI is InChI=1S/C20H26N11O11P/c1-2-38-11-9(33)16(30-4-25-6-12(21)23-3-24-13(6)30)41-19(11)39-5-43(36,37)42-10-8(32)17(40-18(10)35)31-14-7(28-29-31)15(34)27-20(22)26-14/h3-4,8-11,16-19,32-33,35H,2,5H2,1H3,(H,36,37)(H2,21,23,24)(H3,22,26,27,34). The number of anilines is 2. The number of aliphatic hydroxyl groups is 3. The van der Waals surface area contributed by atoms with Crippen LogP contribution >= 0.6 is 7.60 Å². The Morgan fingerprint density at radius 2 is 1.81 bits per heavy atom. The van der Waals surface area contributed by atoms with Gasteiger partial charge in [0.15, 0.2) is 54.0 Å². The first-order valence-electron chi connectivity index (χ1n) is 12.6. The SMILES string of the molecule is CCOC1C(OCP(=O)(O)OC2C(O)OC(n3nnc4c(=O)[nH]c(N)nc43)C2O)OC(n2cnc3c(N)ncnc32)C1O. The highest BCUT2D eigenvalue weighted by atomic mass is 31.2. The Bertz CT molecular complexity index is 1750. The van der Waals surface area contributed by atoms with Gasteiger partial charge in [-0.3, -0.25) is 23.4 Å². The van der Waals surface area contributed by atoms with Crippen molar-refractivity contribution in [1.29, 1.82) is 0 Å². The lowest BCUT2D eigenvalue weighted by atomic mass is 10.2. The summed E-state index contributed by atoms with van der Waals surface area (Å²) in [5.41, 5.74) is 10.8. The number of ether oxygens (including phenoxy) is 4. The van der Waals surface area contributed by atoms with E-state index in [1.54, 1.807) is 6.92 Å². The minimum atomic E-state index is -4.76. The molecule has 0 radical (unpaired) electrons. The Labute approximate surface area is 238 Å². The number of H-pyrrole nitrogens is 1. The van der Waals surface area contributed by atoms with Crippen LogP contribution in [0.1, 0.15) is 19.4 Å². The van der Waals surface area contributed by atoms with Gasteiger partial charge in [0.25, 0.3) is 5.56 Å². The Balaban J connectivity index is 1.15. The lowest BCUT2D eigenvalue weighted by Gasteiger charge is -2.24. The number of aromatic amines is 1. The largest absolute Gasteiger partial charge is 0.385 e. The molecule has 0 aliphatic carbocycles. The van der Waals surface area contributed by atoms with Gasteiger partial charge in [-0.25, -0.2) is 15.0 Å². The van der Waals surface area contributed by atoms with Crippen LogP contribution in [-0.2, 0) is 28.0 Å². The molecule has 0 amide bonds. The second kappa shape index (κ2) is 11.1. The summed E-state index contributed by atoms with van der Waals surface area (Å²) in [7, 11) is -4.76. The maximum atomic E-state index is 13.0. The zero-order valence-electron chi connectivity index (χ0n) is 22.0. The number of imidazole rings is 1. The van der Waals surface area contributed by atoms with E-state index in [0.29, 0.717) is 0 Å². The lowest BCUT2D eigenvalue weighted by molar-refractivity contribution is -0.178. The molecule has 2 fully saturated rings. The van der Waals surface area contributed by atoms with Gasteiger partial charge in [-0.2, -0.15) is 9.67 Å². The highest BCUT2D eigenvalue weighted by molar-refractivity contribution is 7.52. The summed E-state index contributed by atoms with van der Waals surface area (Å²) in [6, 6.07) is 0. The van der Waals surface area contributed by atoms with Crippen LogP contribution in [-0.4, -0.2) is 115 Å². The number of nitrogen functional groups attached to an aromatic ring is 2. The Hall–Kier alpha value is -3.70. The van der Waals surface area contributed by atoms with Crippen molar-refractivity contribution in [2.45, 2.75) is 56.4 Å². The molecular weight excluding hydrogens is 601 g/mol. The minimum absolute atomic E-state index is 0.109. The predicted octanol–water partition coefficient (Wildman–Crippen LogP) is -3.11. The lowest BCUT2D eigenvalue weighted by Crippen LogP contribution is -2.37. The molecular formula is C20H26N11O11P. The molecule has 4 aromatic heterocycles. The van der Waals surface area contributed by atoms with E-state index >= 15 is 0 Å². The number of aromatic nitrogens is 9. The zero-order valence-corrected chi connectivity index (χ0v) is 22.9. The fourth-order valence-corrected chi connectivity index (χ4v) is 5.78. The molecule has 6 heterocycles. The summed E-state index contributed by atoms with van der Waals surface area (Å²) in [4.78, 5) is 40.9. The van der Waals surface area contributed by atoms with E-state index < -0.39 is 69.0 Å². The summed E-state index contributed by atoms with van der Waals surface area (Å²) < 4.78 is 42.6. The Kier molecular flexibility index (Phi) is 7.58. The van der Waals surface area contributed by atoms with Gasteiger partial charge in [-0.15, -0.1) is 5.10 Å². The molecule has 4 aromatic rings. The highest BCUT2D eigenvalue weighted by Crippen LogP contribution is 2.48. The van der Waals surface area contributed by atoms with E-state index in [0.717, 1.165) is 4.68 Å². The first-order valence-corrected chi connectivity index (χ1v) is 14.4. The van der Waals surface area contributed by atoms with Crippen LogP contribution in [0, 0.1) is 0 Å². The fraction of sp³-hybridized carbons (Fsp3) is 0.550. The van der Waals surface area contributed by atoms with Crippen molar-refractivity contribution < 1.29 is 48.2 Å². The summed E-state index contributed by atoms with van der Waals surface area (Å²) in [5, 5.41) is 39.5. The van der Waals surface area contributed by atoms with Crippen molar-refractivity contribution in [3.8, 4) is 0 Å². The minimum Gasteiger partial charge on any atom is -0.385 e. The van der Waals surface area contributed by atoms with Gasteiger partial charge >= 0.3 is 7.60 Å². The van der Waals surface area contributed by atoms with Crippen molar-refractivity contribution in [2.75, 3.05) is 24.4 Å². The van der Waals surface area contributed by atoms with Gasteiger partial charge in [0.05, 0.1) is 6.33 Å². The van der Waals surface area contributed by atoms with E-state index in [-0.39, 0.29) is 40.7 Å². The fourth-order valence-electron chi connectivity index (χ4n) is 4.77. The van der Waals surface area contributed by atoms with E-state index in [9.17, 15) is 29.6 Å². The third kappa shape index (κ3) is 5.22. The molecule has 2 aliphatic heterocycles. The van der Waals surface area contributed by atoms with E-state index in [1.165, 1.54) is 17.2 Å². The second-order valence-electron chi connectivity index (χ2n) is 9.46. The van der Waals surface area contributed by atoms with Gasteiger partial charge in [0.1, 0.15) is 36.3 Å². The molecule has 232 valence electrons. The molecule has 2 aliphatic rings. The van der Waals surface area contributed by atoms with Gasteiger partial charge < -0.3 is 50.6 Å². The average molecular weight is 627 g/mol. The molecule has 9 unspecified atom stereocenters. The molecule has 0 aromatic carbocycles. The second-order valence-corrected chi connectivity index (χ2v) is 11.2. The van der Waals surface area contributed by atoms with Gasteiger partial charge in [0, 0.05) is 6.61 Å². The maximum Gasteiger partial charge on any atom is 0.354 e. The number of hydrogen-bond acceptors (Lipinski definition) is 18. The van der Waals surface area contributed by atoms with E-state index in [1.807, 2.05) is 0 Å². The van der Waals surface area contributed by atoms with Crippen LogP contribution < -0.4 is 17.0 Å². The molecule has 0 saturated carbocycles. The smallest absolute Gasteiger partial charge is 0.354 e. The summed E-state index contributed by atoms with van der Waals surface area (Å²) in [6.45, 7) is 1.79. The van der Waals surface area contributed by atoms with Crippen molar-refractivity contribution in [1.82, 2.24) is 44.5 Å². The number of nitrogens with two attached hydrogens (primary N) is 2.